The first kappa shape index (κ1) is 56.4. The van der Waals surface area contributed by atoms with Gasteiger partial charge in [-0.15, -0.1) is 0 Å². The molecule has 0 radical (unpaired) electrons. The molecule has 0 aromatic heterocycles. The van der Waals surface area contributed by atoms with Gasteiger partial charge in [0.1, 0.15) is 6.29 Å². The molecule has 0 unspecified atom stereocenters. The van der Waals surface area contributed by atoms with E-state index in [2.05, 4.69) is 119 Å². The van der Waals surface area contributed by atoms with Crippen molar-refractivity contribution in [2.45, 2.75) is 77.6 Å². The molecule has 3 fully saturated rings. The van der Waals surface area contributed by atoms with Crippen LogP contribution in [0.2, 0.25) is 0 Å². The minimum absolute atomic E-state index is 0.0735. The molecule has 0 bridgehead atoms. The number of aldehydes is 1. The fraction of sp³-hybridized carbons (Fsp3) is 0.258. The summed E-state index contributed by atoms with van der Waals surface area (Å²) < 4.78 is 53.0. The van der Waals surface area contributed by atoms with Crippen molar-refractivity contribution in [1.82, 2.24) is 9.80 Å². The summed E-state index contributed by atoms with van der Waals surface area (Å²) in [5.41, 5.74) is 5.73. The minimum atomic E-state index is -3.64. The zero-order chi connectivity index (χ0) is 54.0. The molecule has 1 N–H and O–H groups in total. The number of aliphatic hydroxyl groups excluding tert-OH is 1. The number of nitrogens with zero attached hydrogens (tertiary/aromatic N) is 2. The third kappa shape index (κ3) is 13.3. The number of rotatable bonds is 14. The van der Waals surface area contributed by atoms with Gasteiger partial charge in [-0.1, -0.05) is 218 Å². The highest BCUT2D eigenvalue weighted by molar-refractivity contribution is 7.91. The molecule has 3 aliphatic rings. The molecule has 77 heavy (non-hydrogen) atoms. The lowest BCUT2D eigenvalue weighted by atomic mass is 9.75. The number of hydrogen-bond donors (Lipinski definition) is 1. The SMILES string of the molecule is C1CCOC1.CS(=O)(=O)c1ccccc1.O=C[C@H]1CCCN1C(c1ccccc1)(c1ccccc1)c1ccccc1.O=S(=O)(C[C@@H](O)[C@H]1CCCN1C(c1ccccc1)(c1ccccc1)c1ccccc1)c1ccccc1. The van der Waals surface area contributed by atoms with Crippen LogP contribution in [0.15, 0.2) is 252 Å². The Balaban J connectivity index is 0.000000165. The molecule has 8 aromatic rings. The Morgan fingerprint density at radius 3 is 1.09 bits per heavy atom. The van der Waals surface area contributed by atoms with E-state index in [1.807, 2.05) is 72.8 Å². The van der Waals surface area contributed by atoms with Gasteiger partial charge in [0.2, 0.25) is 0 Å². The number of hydrogen-bond acceptors (Lipinski definition) is 9. The normalized spacial score (nSPS) is 17.3. The van der Waals surface area contributed by atoms with E-state index in [0.717, 1.165) is 75.0 Å². The van der Waals surface area contributed by atoms with Gasteiger partial charge in [0.05, 0.1) is 38.8 Å². The van der Waals surface area contributed by atoms with Gasteiger partial charge >= 0.3 is 0 Å². The summed E-state index contributed by atoms with van der Waals surface area (Å²) >= 11 is 0. The number of carbonyl (C=O) groups excluding carboxylic acids is 1. The van der Waals surface area contributed by atoms with E-state index in [-0.39, 0.29) is 22.7 Å². The lowest BCUT2D eigenvalue weighted by molar-refractivity contribution is -0.112. The number of ether oxygens (including phenoxy) is 1. The van der Waals surface area contributed by atoms with Gasteiger partial charge in [0, 0.05) is 38.6 Å². The van der Waals surface area contributed by atoms with Gasteiger partial charge < -0.3 is 14.6 Å². The first-order valence-corrected chi connectivity index (χ1v) is 30.2. The Kier molecular flexibility index (Phi) is 19.7. The molecule has 0 spiro atoms. The number of benzene rings is 8. The molecule has 9 nitrogen and oxygen atoms in total. The van der Waals surface area contributed by atoms with E-state index in [9.17, 15) is 26.7 Å². The second-order valence-electron chi connectivity index (χ2n) is 19.6. The van der Waals surface area contributed by atoms with Crippen molar-refractivity contribution in [1.29, 1.82) is 0 Å². The van der Waals surface area contributed by atoms with Gasteiger partial charge in [0.25, 0.3) is 0 Å². The molecule has 398 valence electrons. The van der Waals surface area contributed by atoms with Crippen LogP contribution in [0.4, 0.5) is 0 Å². The topological polar surface area (TPSA) is 121 Å². The van der Waals surface area contributed by atoms with Crippen molar-refractivity contribution in [2.24, 2.45) is 0 Å². The van der Waals surface area contributed by atoms with E-state index in [1.54, 1.807) is 60.7 Å². The van der Waals surface area contributed by atoms with E-state index < -0.39 is 36.9 Å². The van der Waals surface area contributed by atoms with Crippen LogP contribution in [-0.2, 0) is 40.3 Å². The molecule has 0 amide bonds. The standard InChI is InChI=1S/C31H31NO3S.C24H23NO.C7H8O2S.C4H8O/c33-30(24-36(34,35)28-20-11-4-12-21-28)29-22-13-23-32(29)31(25-14-5-1-6-15-25,26-16-7-2-8-17-26)27-18-9-3-10-19-27;26-19-23-17-10-18-25(23)24(20-11-4-1-5-12-20,21-13-6-2-7-14-21)22-15-8-3-9-16-22;1-10(8,9)7-5-3-2-4-6-7;1-2-4-5-3-1/h1-12,14-21,29-30,33H,13,22-24H2;1-9,11-16,19,23H,10,17-18H2;2-6H,1H3;1-4H2/t29-,30-;23-;;/m11../s1. The number of likely N-dealkylation sites (tertiary alicyclic amines) is 2. The van der Waals surface area contributed by atoms with Gasteiger partial charge in [0.15, 0.2) is 19.7 Å². The largest absolute Gasteiger partial charge is 0.390 e. The van der Waals surface area contributed by atoms with Crippen LogP contribution in [0.3, 0.4) is 0 Å². The smallest absolute Gasteiger partial charge is 0.180 e. The molecule has 3 atom stereocenters. The molecule has 0 aliphatic carbocycles. The monoisotopic (exact) mass is 1070 g/mol. The van der Waals surface area contributed by atoms with E-state index in [0.29, 0.717) is 4.90 Å². The number of aliphatic hydroxyl groups is 1. The minimum Gasteiger partial charge on any atom is -0.390 e. The van der Waals surface area contributed by atoms with Crippen LogP contribution in [0.1, 0.15) is 71.9 Å². The molecule has 0 saturated carbocycles. The molecule has 3 saturated heterocycles. The summed E-state index contributed by atoms with van der Waals surface area (Å²) in [6.07, 6.45) is 7.39. The van der Waals surface area contributed by atoms with Gasteiger partial charge in [-0.25, -0.2) is 16.8 Å². The van der Waals surface area contributed by atoms with E-state index in [1.165, 1.54) is 35.8 Å². The lowest BCUT2D eigenvalue weighted by Gasteiger charge is -2.47. The molecule has 3 aliphatic heterocycles. The fourth-order valence-corrected chi connectivity index (χ4v) is 13.4. The first-order chi connectivity index (χ1) is 37.5. The highest BCUT2D eigenvalue weighted by Gasteiger charge is 2.50. The van der Waals surface area contributed by atoms with Crippen LogP contribution in [0.25, 0.3) is 0 Å². The molecular weight excluding hydrogens is 997 g/mol. The van der Waals surface area contributed by atoms with Crippen molar-refractivity contribution in [3.05, 3.63) is 276 Å². The molecule has 3 heterocycles. The van der Waals surface area contributed by atoms with Crippen LogP contribution in [-0.4, -0.2) is 94.5 Å². The second-order valence-corrected chi connectivity index (χ2v) is 23.7. The Hall–Kier alpha value is -6.83. The summed E-state index contributed by atoms with van der Waals surface area (Å²) in [6.45, 7) is 3.65. The Morgan fingerprint density at radius 1 is 0.468 bits per heavy atom. The Bertz CT molecular complexity index is 3030. The number of carbonyl (C=O) groups is 1. The highest BCUT2D eigenvalue weighted by atomic mass is 32.2. The van der Waals surface area contributed by atoms with Crippen molar-refractivity contribution >= 4 is 26.0 Å². The maximum atomic E-state index is 13.2. The van der Waals surface area contributed by atoms with Crippen molar-refractivity contribution in [2.75, 3.05) is 38.3 Å². The van der Waals surface area contributed by atoms with Crippen molar-refractivity contribution < 1.29 is 31.5 Å². The maximum Gasteiger partial charge on any atom is 0.180 e. The summed E-state index contributed by atoms with van der Waals surface area (Å²) in [5, 5.41) is 11.5. The van der Waals surface area contributed by atoms with Crippen LogP contribution in [0.5, 0.6) is 0 Å². The second kappa shape index (κ2) is 27.0. The van der Waals surface area contributed by atoms with Gasteiger partial charge in [-0.05, 0) is 96.2 Å². The zero-order valence-electron chi connectivity index (χ0n) is 43.8. The molecule has 11 rings (SSSR count). The summed E-state index contributed by atoms with van der Waals surface area (Å²) in [6, 6.07) is 79.1. The predicted molar refractivity (Wildman–Crippen MR) is 308 cm³/mol. The van der Waals surface area contributed by atoms with Crippen molar-refractivity contribution in [3.63, 3.8) is 0 Å². The zero-order valence-corrected chi connectivity index (χ0v) is 45.4. The lowest BCUT2D eigenvalue weighted by Crippen LogP contribution is -2.54. The molecular formula is C66H70N2O7S2. The van der Waals surface area contributed by atoms with Crippen LogP contribution >= 0.6 is 0 Å². The van der Waals surface area contributed by atoms with Crippen LogP contribution < -0.4 is 0 Å². The Morgan fingerprint density at radius 2 is 0.779 bits per heavy atom. The first-order valence-electron chi connectivity index (χ1n) is 26.6. The predicted octanol–water partition coefficient (Wildman–Crippen LogP) is 11.8. The number of sulfone groups is 2. The average molecular weight is 1070 g/mol. The summed E-state index contributed by atoms with van der Waals surface area (Å²) in [7, 11) is -6.64. The fourth-order valence-electron chi connectivity index (χ4n) is 11.3. The van der Waals surface area contributed by atoms with Crippen LogP contribution in [0, 0.1) is 0 Å². The summed E-state index contributed by atoms with van der Waals surface area (Å²) in [5.74, 6) is -0.313. The van der Waals surface area contributed by atoms with Crippen molar-refractivity contribution in [3.8, 4) is 0 Å². The van der Waals surface area contributed by atoms with Gasteiger partial charge in [-0.2, -0.15) is 0 Å². The molecule has 8 aromatic carbocycles. The average Bonchev–Trinajstić information content (AvgIpc) is 4.38. The maximum absolute atomic E-state index is 13.2. The van der Waals surface area contributed by atoms with E-state index >= 15 is 0 Å². The summed E-state index contributed by atoms with van der Waals surface area (Å²) in [4.78, 5) is 17.3. The Labute approximate surface area is 456 Å². The third-order valence-corrected chi connectivity index (χ3v) is 17.6. The third-order valence-electron chi connectivity index (χ3n) is 14.7. The van der Waals surface area contributed by atoms with Gasteiger partial charge in [-0.3, -0.25) is 9.80 Å². The molecule has 11 heteroatoms. The highest BCUT2D eigenvalue weighted by Crippen LogP contribution is 2.48. The van der Waals surface area contributed by atoms with E-state index in [4.69, 9.17) is 4.74 Å². The quantitative estimate of drug-likeness (QED) is 0.0838.